The minimum absolute atomic E-state index is 0.0206. The molecule has 0 aliphatic carbocycles. The van der Waals surface area contributed by atoms with Crippen LogP contribution in [0.1, 0.15) is 16.1 Å². The molecule has 0 aliphatic rings. The van der Waals surface area contributed by atoms with Gasteiger partial charge in [-0.05, 0) is 18.2 Å². The number of rotatable bonds is 3. The average molecular weight is 250 g/mol. The first-order chi connectivity index (χ1) is 8.63. The van der Waals surface area contributed by atoms with Crippen LogP contribution in [0.3, 0.4) is 0 Å². The molecule has 0 spiro atoms. The van der Waals surface area contributed by atoms with Crippen LogP contribution in [0.2, 0.25) is 0 Å². The highest BCUT2D eigenvalue weighted by Crippen LogP contribution is 2.17. The number of methoxy groups -OCH3 is 1. The first-order valence-corrected chi connectivity index (χ1v) is 4.98. The summed E-state index contributed by atoms with van der Waals surface area (Å²) < 4.78 is 30.7. The third-order valence-electron chi connectivity index (χ3n) is 2.25. The Morgan fingerprint density at radius 2 is 1.89 bits per heavy atom. The largest absolute Gasteiger partial charge is 0.479 e. The van der Waals surface area contributed by atoms with E-state index in [9.17, 15) is 13.6 Å². The maximum atomic E-state index is 13.0. The van der Waals surface area contributed by atoms with Gasteiger partial charge in [-0.2, -0.15) is 0 Å². The van der Waals surface area contributed by atoms with Gasteiger partial charge < -0.3 is 4.74 Å². The molecule has 0 saturated carbocycles. The van der Waals surface area contributed by atoms with Gasteiger partial charge in [0.1, 0.15) is 0 Å². The Labute approximate surface area is 101 Å². The molecule has 1 aromatic carbocycles. The molecule has 0 fully saturated rings. The molecule has 1 aromatic heterocycles. The zero-order valence-corrected chi connectivity index (χ0v) is 9.35. The van der Waals surface area contributed by atoms with Crippen molar-refractivity contribution in [1.29, 1.82) is 0 Å². The van der Waals surface area contributed by atoms with Crippen molar-refractivity contribution in [2.45, 2.75) is 0 Å². The van der Waals surface area contributed by atoms with Crippen LogP contribution < -0.4 is 4.74 Å². The van der Waals surface area contributed by atoms with E-state index >= 15 is 0 Å². The van der Waals surface area contributed by atoms with E-state index in [2.05, 4.69) is 9.97 Å². The standard InChI is InChI=1S/C12H8F2N2O2/c1-18-12-10(15-4-5-16-12)11(17)7-2-3-8(13)9(14)6-7/h2-6H,1H3. The summed E-state index contributed by atoms with van der Waals surface area (Å²) >= 11 is 0. The molecule has 4 nitrogen and oxygen atoms in total. The van der Waals surface area contributed by atoms with Crippen molar-refractivity contribution in [2.75, 3.05) is 7.11 Å². The molecule has 0 unspecified atom stereocenters. The molecule has 0 aliphatic heterocycles. The van der Waals surface area contributed by atoms with E-state index in [1.807, 2.05) is 0 Å². The van der Waals surface area contributed by atoms with Gasteiger partial charge in [0.2, 0.25) is 11.7 Å². The molecule has 18 heavy (non-hydrogen) atoms. The van der Waals surface area contributed by atoms with Crippen LogP contribution in [0.4, 0.5) is 8.78 Å². The maximum Gasteiger partial charge on any atom is 0.243 e. The highest BCUT2D eigenvalue weighted by molar-refractivity contribution is 6.09. The number of ketones is 1. The number of halogens is 2. The first kappa shape index (κ1) is 12.1. The molecule has 0 amide bonds. The second-order valence-corrected chi connectivity index (χ2v) is 3.37. The Bertz CT molecular complexity index is 602. The van der Waals surface area contributed by atoms with Crippen molar-refractivity contribution in [3.8, 4) is 5.88 Å². The van der Waals surface area contributed by atoms with Crippen LogP contribution in [0.5, 0.6) is 5.88 Å². The summed E-state index contributed by atoms with van der Waals surface area (Å²) in [5.41, 5.74) is -0.0706. The number of hydrogen-bond acceptors (Lipinski definition) is 4. The van der Waals surface area contributed by atoms with E-state index in [1.54, 1.807) is 0 Å². The minimum atomic E-state index is -1.09. The highest BCUT2D eigenvalue weighted by Gasteiger charge is 2.18. The van der Waals surface area contributed by atoms with Gasteiger partial charge in [-0.25, -0.2) is 18.7 Å². The SMILES string of the molecule is COc1nccnc1C(=O)c1ccc(F)c(F)c1. The lowest BCUT2D eigenvalue weighted by Crippen LogP contribution is -2.08. The highest BCUT2D eigenvalue weighted by atomic mass is 19.2. The first-order valence-electron chi connectivity index (χ1n) is 4.98. The van der Waals surface area contributed by atoms with Crippen LogP contribution in [-0.2, 0) is 0 Å². The summed E-state index contributed by atoms with van der Waals surface area (Å²) in [6, 6.07) is 2.87. The van der Waals surface area contributed by atoms with E-state index in [4.69, 9.17) is 4.74 Å². The maximum absolute atomic E-state index is 13.0. The number of carbonyl (C=O) groups is 1. The van der Waals surface area contributed by atoms with Gasteiger partial charge >= 0.3 is 0 Å². The fourth-order valence-corrected chi connectivity index (χ4v) is 1.40. The van der Waals surface area contributed by atoms with E-state index in [1.165, 1.54) is 25.6 Å². The van der Waals surface area contributed by atoms with Crippen LogP contribution in [0.25, 0.3) is 0 Å². The van der Waals surface area contributed by atoms with Gasteiger partial charge in [0, 0.05) is 18.0 Å². The lowest BCUT2D eigenvalue weighted by molar-refractivity contribution is 0.103. The summed E-state index contributed by atoms with van der Waals surface area (Å²) in [5.74, 6) is -2.66. The number of nitrogens with zero attached hydrogens (tertiary/aromatic N) is 2. The third-order valence-corrected chi connectivity index (χ3v) is 2.25. The molecule has 0 radical (unpaired) electrons. The molecule has 0 saturated heterocycles. The number of carbonyl (C=O) groups excluding carboxylic acids is 1. The van der Waals surface area contributed by atoms with Crippen molar-refractivity contribution in [1.82, 2.24) is 9.97 Å². The summed E-state index contributed by atoms with van der Waals surface area (Å²) in [5, 5.41) is 0. The number of benzene rings is 1. The molecule has 0 N–H and O–H groups in total. The van der Waals surface area contributed by atoms with Gasteiger partial charge in [-0.15, -0.1) is 0 Å². The predicted octanol–water partition coefficient (Wildman–Crippen LogP) is 1.99. The Balaban J connectivity index is 2.44. The third kappa shape index (κ3) is 2.17. The minimum Gasteiger partial charge on any atom is -0.479 e. The molecule has 2 rings (SSSR count). The Morgan fingerprint density at radius 3 is 2.56 bits per heavy atom. The summed E-state index contributed by atoms with van der Waals surface area (Å²) in [7, 11) is 1.34. The van der Waals surface area contributed by atoms with Crippen molar-refractivity contribution in [3.05, 3.63) is 53.5 Å². The van der Waals surface area contributed by atoms with Gasteiger partial charge in [0.25, 0.3) is 0 Å². The summed E-state index contributed by atoms with van der Waals surface area (Å²) in [4.78, 5) is 19.7. The zero-order chi connectivity index (χ0) is 13.1. The number of ether oxygens (including phenoxy) is 1. The summed E-state index contributed by atoms with van der Waals surface area (Å²) in [6.07, 6.45) is 2.68. The van der Waals surface area contributed by atoms with Crippen LogP contribution in [-0.4, -0.2) is 22.9 Å². The van der Waals surface area contributed by atoms with Crippen molar-refractivity contribution < 1.29 is 18.3 Å². The number of hydrogen-bond donors (Lipinski definition) is 0. The van der Waals surface area contributed by atoms with E-state index in [0.29, 0.717) is 0 Å². The van der Waals surface area contributed by atoms with Gasteiger partial charge in [-0.1, -0.05) is 0 Å². The lowest BCUT2D eigenvalue weighted by Gasteiger charge is -2.05. The normalized spacial score (nSPS) is 10.2. The van der Waals surface area contributed by atoms with Crippen LogP contribution in [0, 0.1) is 11.6 Å². The molecule has 1 heterocycles. The van der Waals surface area contributed by atoms with Crippen molar-refractivity contribution >= 4 is 5.78 Å². The predicted molar refractivity (Wildman–Crippen MR) is 58.4 cm³/mol. The van der Waals surface area contributed by atoms with Crippen molar-refractivity contribution in [3.63, 3.8) is 0 Å². The number of aromatic nitrogens is 2. The monoisotopic (exact) mass is 250 g/mol. The molecule has 6 heteroatoms. The van der Waals surface area contributed by atoms with Crippen molar-refractivity contribution in [2.24, 2.45) is 0 Å². The van der Waals surface area contributed by atoms with Gasteiger partial charge in [0.05, 0.1) is 7.11 Å². The fraction of sp³-hybridized carbons (Fsp3) is 0.0833. The molecule has 92 valence electrons. The molecular formula is C12H8F2N2O2. The zero-order valence-electron chi connectivity index (χ0n) is 9.35. The topological polar surface area (TPSA) is 52.1 Å². The van der Waals surface area contributed by atoms with E-state index < -0.39 is 17.4 Å². The molecule has 0 bridgehead atoms. The van der Waals surface area contributed by atoms with Crippen LogP contribution >= 0.6 is 0 Å². The fourth-order valence-electron chi connectivity index (χ4n) is 1.40. The molecular weight excluding hydrogens is 242 g/mol. The second-order valence-electron chi connectivity index (χ2n) is 3.37. The van der Waals surface area contributed by atoms with E-state index in [-0.39, 0.29) is 17.1 Å². The van der Waals surface area contributed by atoms with Gasteiger partial charge in [0.15, 0.2) is 17.3 Å². The Hall–Kier alpha value is -2.37. The molecule has 0 atom stereocenters. The second kappa shape index (κ2) is 4.87. The summed E-state index contributed by atoms with van der Waals surface area (Å²) in [6.45, 7) is 0. The van der Waals surface area contributed by atoms with E-state index in [0.717, 1.165) is 12.1 Å². The van der Waals surface area contributed by atoms with Gasteiger partial charge in [-0.3, -0.25) is 4.79 Å². The smallest absolute Gasteiger partial charge is 0.243 e. The molecule has 2 aromatic rings. The lowest BCUT2D eigenvalue weighted by atomic mass is 10.1. The Morgan fingerprint density at radius 1 is 1.17 bits per heavy atom. The van der Waals surface area contributed by atoms with Crippen LogP contribution in [0.15, 0.2) is 30.6 Å². The average Bonchev–Trinajstić information content (AvgIpc) is 2.41. The Kier molecular flexibility index (Phi) is 3.27. The quantitative estimate of drug-likeness (QED) is 0.782.